The molecule has 2 aromatic rings. The molecule has 7 heteroatoms. The average molecular weight is 428 g/mol. The van der Waals surface area contributed by atoms with Crippen LogP contribution in [0.15, 0.2) is 21.3 Å². The highest BCUT2D eigenvalue weighted by molar-refractivity contribution is 5.87. The second kappa shape index (κ2) is 6.73. The SMILES string of the molecule is Cc1cc(=O)c2c(O)c3c(cc2o1)OC(C)(C)[C@H](OC(=O)[C@@]1(C)O[C@@H]1C1CCCC1)C3. The first-order chi connectivity index (χ1) is 14.6. The van der Waals surface area contributed by atoms with Gasteiger partial charge >= 0.3 is 5.97 Å². The first-order valence-corrected chi connectivity index (χ1v) is 11.0. The fourth-order valence-corrected chi connectivity index (χ4v) is 5.14. The van der Waals surface area contributed by atoms with Gasteiger partial charge in [-0.3, -0.25) is 4.79 Å². The van der Waals surface area contributed by atoms with Crippen LogP contribution in [0.3, 0.4) is 0 Å². The van der Waals surface area contributed by atoms with E-state index in [1.54, 1.807) is 19.9 Å². The summed E-state index contributed by atoms with van der Waals surface area (Å²) >= 11 is 0. The van der Waals surface area contributed by atoms with Crippen molar-refractivity contribution >= 4 is 16.9 Å². The number of aromatic hydroxyl groups is 1. The minimum atomic E-state index is -0.921. The van der Waals surface area contributed by atoms with Gasteiger partial charge in [-0.1, -0.05) is 12.8 Å². The largest absolute Gasteiger partial charge is 0.507 e. The van der Waals surface area contributed by atoms with Gasteiger partial charge in [-0.25, -0.2) is 4.79 Å². The summed E-state index contributed by atoms with van der Waals surface area (Å²) in [5.74, 6) is 0.703. The maximum atomic E-state index is 13.0. The number of hydrogen-bond acceptors (Lipinski definition) is 7. The number of aryl methyl sites for hydroxylation is 1. The zero-order valence-electron chi connectivity index (χ0n) is 18.3. The number of epoxide rings is 1. The Hall–Kier alpha value is -2.54. The molecule has 7 nitrogen and oxygen atoms in total. The van der Waals surface area contributed by atoms with Gasteiger partial charge in [-0.2, -0.15) is 0 Å². The molecule has 1 aromatic carbocycles. The lowest BCUT2D eigenvalue weighted by molar-refractivity contribution is -0.167. The summed E-state index contributed by atoms with van der Waals surface area (Å²) in [5, 5.41) is 10.9. The highest BCUT2D eigenvalue weighted by Gasteiger charge is 2.63. The molecule has 3 aliphatic rings. The topological polar surface area (TPSA) is 98.5 Å². The summed E-state index contributed by atoms with van der Waals surface area (Å²) in [6.45, 7) is 7.15. The molecule has 3 heterocycles. The van der Waals surface area contributed by atoms with E-state index in [0.717, 1.165) is 12.8 Å². The highest BCUT2D eigenvalue weighted by atomic mass is 16.7. The predicted octanol–water partition coefficient (Wildman–Crippen LogP) is 3.78. The van der Waals surface area contributed by atoms with Crippen molar-refractivity contribution < 1.29 is 28.5 Å². The fourth-order valence-electron chi connectivity index (χ4n) is 5.14. The second-order valence-corrected chi connectivity index (χ2v) is 9.79. The van der Waals surface area contributed by atoms with Crippen molar-refractivity contribution in [2.75, 3.05) is 0 Å². The van der Waals surface area contributed by atoms with Gasteiger partial charge < -0.3 is 23.7 Å². The smallest absolute Gasteiger partial charge is 0.341 e. The number of phenolic OH excluding ortho intramolecular Hbond substituents is 1. The molecule has 0 radical (unpaired) electrons. The Bertz CT molecular complexity index is 1120. The van der Waals surface area contributed by atoms with Crippen molar-refractivity contribution in [1.82, 2.24) is 0 Å². The second-order valence-electron chi connectivity index (χ2n) is 9.79. The van der Waals surface area contributed by atoms with Crippen LogP contribution in [-0.4, -0.2) is 34.5 Å². The van der Waals surface area contributed by atoms with Gasteiger partial charge in [0, 0.05) is 24.1 Å². The molecule has 0 spiro atoms. The van der Waals surface area contributed by atoms with E-state index < -0.39 is 23.3 Å². The van der Waals surface area contributed by atoms with Crippen molar-refractivity contribution in [3.8, 4) is 11.5 Å². The van der Waals surface area contributed by atoms with Gasteiger partial charge in [0.2, 0.25) is 0 Å². The summed E-state index contributed by atoms with van der Waals surface area (Å²) in [5.41, 5.74) is -1.37. The van der Waals surface area contributed by atoms with Crippen LogP contribution in [0.4, 0.5) is 0 Å². The Morgan fingerprint density at radius 3 is 2.61 bits per heavy atom. The molecule has 1 N–H and O–H groups in total. The monoisotopic (exact) mass is 428 g/mol. The molecule has 3 atom stereocenters. The molecule has 0 bridgehead atoms. The Kier molecular flexibility index (Phi) is 4.42. The minimum absolute atomic E-state index is 0.0902. The first-order valence-electron chi connectivity index (χ1n) is 11.0. The standard InChI is InChI=1S/C24H28O7/c1-12-9-15(25)19-17(28-12)11-16-14(20(19)26)10-18(23(2,3)30-16)29-22(27)24(4)21(31-24)13-7-5-6-8-13/h9,11,13,18,21,26H,5-8,10H2,1-4H3/t18-,21-,24+/m1/s1. The van der Waals surface area contributed by atoms with Crippen LogP contribution in [0, 0.1) is 12.8 Å². The van der Waals surface area contributed by atoms with Crippen LogP contribution in [0.25, 0.3) is 11.0 Å². The number of fused-ring (bicyclic) bond motifs is 2. The van der Waals surface area contributed by atoms with Gasteiger partial charge in [-0.15, -0.1) is 0 Å². The summed E-state index contributed by atoms with van der Waals surface area (Å²) < 4.78 is 23.5. The van der Waals surface area contributed by atoms with Crippen LogP contribution >= 0.6 is 0 Å². The lowest BCUT2D eigenvalue weighted by Gasteiger charge is -2.39. The number of carbonyl (C=O) groups excluding carboxylic acids is 1. The molecular formula is C24H28O7. The van der Waals surface area contributed by atoms with Gasteiger partial charge in [0.25, 0.3) is 0 Å². The van der Waals surface area contributed by atoms with E-state index >= 15 is 0 Å². The first kappa shape index (κ1) is 20.4. The van der Waals surface area contributed by atoms with Gasteiger partial charge in [0.05, 0.1) is 0 Å². The van der Waals surface area contributed by atoms with Gasteiger partial charge in [0.15, 0.2) is 11.0 Å². The van der Waals surface area contributed by atoms with Crippen LogP contribution in [0.1, 0.15) is 57.8 Å². The predicted molar refractivity (Wildman–Crippen MR) is 112 cm³/mol. The van der Waals surface area contributed by atoms with E-state index in [0.29, 0.717) is 23.0 Å². The van der Waals surface area contributed by atoms with Crippen LogP contribution in [-0.2, 0) is 20.7 Å². The Balaban J connectivity index is 1.43. The average Bonchev–Trinajstić information content (AvgIpc) is 3.10. The maximum absolute atomic E-state index is 13.0. The zero-order chi connectivity index (χ0) is 22.1. The molecule has 0 unspecified atom stereocenters. The Morgan fingerprint density at radius 1 is 1.19 bits per heavy atom. The molecule has 31 heavy (non-hydrogen) atoms. The van der Waals surface area contributed by atoms with E-state index in [2.05, 4.69) is 0 Å². The van der Waals surface area contributed by atoms with Crippen molar-refractivity contribution in [3.05, 3.63) is 33.7 Å². The molecular weight excluding hydrogens is 400 g/mol. The number of benzene rings is 1. The summed E-state index contributed by atoms with van der Waals surface area (Å²) in [7, 11) is 0. The third-order valence-corrected chi connectivity index (χ3v) is 7.06. The zero-order valence-corrected chi connectivity index (χ0v) is 18.3. The maximum Gasteiger partial charge on any atom is 0.341 e. The van der Waals surface area contributed by atoms with E-state index in [4.69, 9.17) is 18.6 Å². The normalized spacial score (nSPS) is 29.4. The molecule has 2 fully saturated rings. The molecule has 0 amide bonds. The van der Waals surface area contributed by atoms with Gasteiger partial charge in [-0.05, 0) is 46.5 Å². The van der Waals surface area contributed by atoms with E-state index in [9.17, 15) is 14.7 Å². The lowest BCUT2D eigenvalue weighted by atomic mass is 9.89. The molecule has 166 valence electrons. The molecule has 1 saturated heterocycles. The van der Waals surface area contributed by atoms with Gasteiger partial charge in [0.1, 0.15) is 46.0 Å². The van der Waals surface area contributed by atoms with E-state index in [1.165, 1.54) is 18.9 Å². The van der Waals surface area contributed by atoms with Crippen molar-refractivity contribution in [2.24, 2.45) is 5.92 Å². The Labute approximate surface area is 180 Å². The van der Waals surface area contributed by atoms with Crippen molar-refractivity contribution in [3.63, 3.8) is 0 Å². The number of ether oxygens (including phenoxy) is 3. The third-order valence-electron chi connectivity index (χ3n) is 7.06. The fraction of sp³-hybridized carbons (Fsp3) is 0.583. The highest BCUT2D eigenvalue weighted by Crippen LogP contribution is 2.49. The van der Waals surface area contributed by atoms with Crippen molar-refractivity contribution in [1.29, 1.82) is 0 Å². The number of phenols is 1. The molecule has 5 rings (SSSR count). The summed E-state index contributed by atoms with van der Waals surface area (Å²) in [6.07, 6.45) is 4.02. The van der Waals surface area contributed by atoms with E-state index in [1.807, 2.05) is 13.8 Å². The molecule has 1 aliphatic carbocycles. The molecule has 2 aliphatic heterocycles. The summed E-state index contributed by atoms with van der Waals surface area (Å²) in [4.78, 5) is 25.5. The Morgan fingerprint density at radius 2 is 1.90 bits per heavy atom. The number of carbonyl (C=O) groups is 1. The number of rotatable bonds is 3. The quantitative estimate of drug-likeness (QED) is 0.587. The van der Waals surface area contributed by atoms with Crippen LogP contribution < -0.4 is 10.2 Å². The summed E-state index contributed by atoms with van der Waals surface area (Å²) in [6, 6.07) is 2.97. The van der Waals surface area contributed by atoms with E-state index in [-0.39, 0.29) is 34.7 Å². The minimum Gasteiger partial charge on any atom is -0.507 e. The van der Waals surface area contributed by atoms with Crippen LogP contribution in [0.2, 0.25) is 0 Å². The number of esters is 1. The molecule has 1 saturated carbocycles. The van der Waals surface area contributed by atoms with Crippen molar-refractivity contribution in [2.45, 2.75) is 83.2 Å². The number of hydrogen-bond donors (Lipinski definition) is 1. The lowest BCUT2D eigenvalue weighted by Crippen LogP contribution is -2.50. The third kappa shape index (κ3) is 3.21. The van der Waals surface area contributed by atoms with Crippen LogP contribution in [0.5, 0.6) is 11.5 Å². The molecule has 1 aromatic heterocycles.